The molecule has 3 aromatic carbocycles. The molecule has 1 radical (unpaired) electrons. The van der Waals surface area contributed by atoms with Crippen LogP contribution in [0.25, 0.3) is 10.9 Å². The van der Waals surface area contributed by atoms with Gasteiger partial charge in [0.15, 0.2) is 0 Å². The van der Waals surface area contributed by atoms with E-state index in [1.54, 1.807) is 0 Å². The van der Waals surface area contributed by atoms with Crippen molar-refractivity contribution in [1.82, 2.24) is 5.32 Å². The molecule has 0 N–H and O–H groups in total. The molecule has 3 aromatic rings. The summed E-state index contributed by atoms with van der Waals surface area (Å²) >= 11 is 0. The number of benzene rings is 3. The first-order chi connectivity index (χ1) is 12.3. The molecule has 0 amide bonds. The second kappa shape index (κ2) is 8.32. The average molecular weight is 331 g/mol. The fourth-order valence-electron chi connectivity index (χ4n) is 3.26. The Bertz CT molecular complexity index is 811. The van der Waals surface area contributed by atoms with Crippen LogP contribution in [0.1, 0.15) is 35.7 Å². The largest absolute Gasteiger partial charge is 1.00 e. The Morgan fingerprint density at radius 2 is 1.23 bits per heavy atom. The van der Waals surface area contributed by atoms with Crippen LogP contribution in [0.5, 0.6) is 0 Å². The van der Waals surface area contributed by atoms with Crippen LogP contribution in [-0.4, -0.2) is 0 Å². The van der Waals surface area contributed by atoms with Crippen LogP contribution >= 0.6 is 0 Å². The molecular weight excluding hydrogens is 311 g/mol. The van der Waals surface area contributed by atoms with Gasteiger partial charge in [-0.05, 0) is 41.3 Å². The predicted molar refractivity (Wildman–Crippen MR) is 103 cm³/mol. The van der Waals surface area contributed by atoms with Crippen LogP contribution < -0.4 is 24.2 Å². The molecule has 3 heteroatoms. The van der Waals surface area contributed by atoms with Crippen molar-refractivity contribution in [3.63, 3.8) is 0 Å². The zero-order valence-electron chi connectivity index (χ0n) is 15.2. The molecule has 0 aliphatic carbocycles. The summed E-state index contributed by atoms with van der Waals surface area (Å²) in [6.45, 7) is 2.10. The van der Waals surface area contributed by atoms with Gasteiger partial charge in [0.25, 0.3) is 0 Å². The molecule has 1 heterocycles. The SMILES string of the molecule is CC(=C1[N][C@@H](c2ccccc2)[C@H](c2ccccc2)[N-]1)c1ccccc1.[Li+]. The molecule has 1 saturated heterocycles. The van der Waals surface area contributed by atoms with Crippen LogP contribution in [0.15, 0.2) is 96.8 Å². The van der Waals surface area contributed by atoms with E-state index in [-0.39, 0.29) is 30.9 Å². The summed E-state index contributed by atoms with van der Waals surface area (Å²) in [6.07, 6.45) is 0. The molecule has 0 saturated carbocycles. The normalized spacial score (nSPS) is 18.4. The van der Waals surface area contributed by atoms with Crippen molar-refractivity contribution in [2.24, 2.45) is 0 Å². The maximum Gasteiger partial charge on any atom is 1.00 e. The fourth-order valence-corrected chi connectivity index (χ4v) is 3.26. The number of rotatable bonds is 3. The molecule has 0 aromatic heterocycles. The standard InChI is InChI=1S/C23H20N2.Li/c1-17(18-11-5-2-6-12-18)23-24-21(19-13-7-3-8-14-19)22(25-23)20-15-9-4-10-16-20;/h2-16,21-22H,1H3;/q-1;+1/t21-,22-;/m0./s1. The van der Waals surface area contributed by atoms with E-state index >= 15 is 0 Å². The van der Waals surface area contributed by atoms with Crippen LogP contribution in [0.3, 0.4) is 0 Å². The number of hydrogen-bond acceptors (Lipinski definition) is 0. The Hall–Kier alpha value is -2.40. The zero-order chi connectivity index (χ0) is 17.1. The molecule has 0 bridgehead atoms. The Morgan fingerprint density at radius 3 is 1.81 bits per heavy atom. The summed E-state index contributed by atoms with van der Waals surface area (Å²) < 4.78 is 0. The van der Waals surface area contributed by atoms with Gasteiger partial charge in [0, 0.05) is 0 Å². The van der Waals surface area contributed by atoms with Gasteiger partial charge in [-0.3, -0.25) is 0 Å². The molecule has 123 valence electrons. The van der Waals surface area contributed by atoms with Crippen LogP contribution in [-0.2, 0) is 0 Å². The van der Waals surface area contributed by atoms with Gasteiger partial charge < -0.3 is 10.6 Å². The van der Waals surface area contributed by atoms with E-state index in [1.165, 1.54) is 16.7 Å². The maximum atomic E-state index is 5.01. The zero-order valence-corrected chi connectivity index (χ0v) is 15.2. The van der Waals surface area contributed by atoms with Gasteiger partial charge in [-0.1, -0.05) is 96.8 Å². The fraction of sp³-hybridized carbons (Fsp3) is 0.130. The monoisotopic (exact) mass is 331 g/mol. The Labute approximate surface area is 167 Å². The Balaban J connectivity index is 0.00000196. The van der Waals surface area contributed by atoms with Crippen LogP contribution in [0.2, 0.25) is 0 Å². The van der Waals surface area contributed by atoms with E-state index in [0.29, 0.717) is 0 Å². The summed E-state index contributed by atoms with van der Waals surface area (Å²) in [5.41, 5.74) is 4.71. The summed E-state index contributed by atoms with van der Waals surface area (Å²) in [5.74, 6) is 0.855. The molecule has 26 heavy (non-hydrogen) atoms. The molecule has 2 nitrogen and oxygen atoms in total. The summed E-state index contributed by atoms with van der Waals surface area (Å²) in [6, 6.07) is 31.3. The van der Waals surface area contributed by atoms with Crippen LogP contribution in [0.4, 0.5) is 0 Å². The van der Waals surface area contributed by atoms with Gasteiger partial charge in [0.2, 0.25) is 0 Å². The average Bonchev–Trinajstić information content (AvgIpc) is 3.15. The van der Waals surface area contributed by atoms with Gasteiger partial charge in [0.05, 0.1) is 0 Å². The molecule has 1 fully saturated rings. The molecule has 2 atom stereocenters. The van der Waals surface area contributed by atoms with E-state index in [1.807, 2.05) is 18.2 Å². The third-order valence-electron chi connectivity index (χ3n) is 4.65. The molecule has 4 rings (SSSR count). The third-order valence-corrected chi connectivity index (χ3v) is 4.65. The smallest absolute Gasteiger partial charge is 0.457 e. The van der Waals surface area contributed by atoms with Gasteiger partial charge in [-0.2, -0.15) is 0 Å². The topological polar surface area (TPSA) is 28.2 Å². The van der Waals surface area contributed by atoms with Crippen LogP contribution in [0, 0.1) is 0 Å². The number of nitrogens with zero attached hydrogens (tertiary/aromatic N) is 2. The summed E-state index contributed by atoms with van der Waals surface area (Å²) in [4.78, 5) is 0. The second-order valence-corrected chi connectivity index (χ2v) is 6.28. The van der Waals surface area contributed by atoms with Crippen molar-refractivity contribution in [2.45, 2.75) is 19.0 Å². The Kier molecular flexibility index (Phi) is 5.88. The minimum Gasteiger partial charge on any atom is -0.457 e. The molecular formula is C23H20LiN2. The first kappa shape index (κ1) is 18.4. The van der Waals surface area contributed by atoms with Gasteiger partial charge in [-0.25, -0.2) is 0 Å². The van der Waals surface area contributed by atoms with E-state index < -0.39 is 0 Å². The number of hydrogen-bond donors (Lipinski definition) is 0. The van der Waals surface area contributed by atoms with Crippen molar-refractivity contribution in [3.8, 4) is 0 Å². The predicted octanol–water partition coefficient (Wildman–Crippen LogP) is 2.85. The molecule has 0 spiro atoms. The first-order valence-electron chi connectivity index (χ1n) is 8.61. The minimum atomic E-state index is 0. The van der Waals surface area contributed by atoms with Crippen molar-refractivity contribution in [1.29, 1.82) is 0 Å². The quantitative estimate of drug-likeness (QED) is 0.660. The Morgan fingerprint density at radius 1 is 0.731 bits per heavy atom. The molecule has 1 aliphatic heterocycles. The van der Waals surface area contributed by atoms with Gasteiger partial charge >= 0.3 is 18.9 Å². The van der Waals surface area contributed by atoms with E-state index in [4.69, 9.17) is 10.6 Å². The first-order valence-corrected chi connectivity index (χ1v) is 8.61. The van der Waals surface area contributed by atoms with Crippen molar-refractivity contribution in [3.05, 3.63) is 119 Å². The molecule has 0 unspecified atom stereocenters. The maximum absolute atomic E-state index is 5.01. The van der Waals surface area contributed by atoms with E-state index in [9.17, 15) is 0 Å². The van der Waals surface area contributed by atoms with Gasteiger partial charge in [-0.15, -0.1) is 0 Å². The van der Waals surface area contributed by atoms with Gasteiger partial charge in [0.1, 0.15) is 0 Å². The van der Waals surface area contributed by atoms with E-state index in [0.717, 1.165) is 11.4 Å². The molecule has 1 aliphatic rings. The third kappa shape index (κ3) is 3.72. The van der Waals surface area contributed by atoms with Crippen molar-refractivity contribution < 1.29 is 18.9 Å². The minimum absolute atomic E-state index is 0. The van der Waals surface area contributed by atoms with Crippen molar-refractivity contribution >= 4 is 5.57 Å². The van der Waals surface area contributed by atoms with Crippen molar-refractivity contribution in [2.75, 3.05) is 0 Å². The number of allylic oxidation sites excluding steroid dienone is 1. The summed E-state index contributed by atoms with van der Waals surface area (Å²) in [5, 5.41) is 10.0. The summed E-state index contributed by atoms with van der Waals surface area (Å²) in [7, 11) is 0. The van der Waals surface area contributed by atoms with E-state index in [2.05, 4.69) is 79.7 Å². The second-order valence-electron chi connectivity index (χ2n) is 6.28.